The number of hydrogen-bond acceptors (Lipinski definition) is 4. The molecule has 0 radical (unpaired) electrons. The number of carbonyl (C=O) groups is 2. The number of benzene rings is 1. The van der Waals surface area contributed by atoms with Gasteiger partial charge in [-0.3, -0.25) is 9.69 Å². The molecule has 1 saturated carbocycles. The van der Waals surface area contributed by atoms with Crippen LogP contribution in [0.3, 0.4) is 0 Å². The molecule has 3 aliphatic rings. The molecule has 146 valence electrons. The van der Waals surface area contributed by atoms with Crippen LogP contribution in [0.15, 0.2) is 22.7 Å². The van der Waals surface area contributed by atoms with Crippen molar-refractivity contribution in [3.8, 4) is 0 Å². The first kappa shape index (κ1) is 18.9. The second-order valence-electron chi connectivity index (χ2n) is 7.82. The SMILES string of the molecule is COCCN1C(=O)NC2(C1=O)c1cc(Br)ccc1CC21CCC(OC)CC1. The minimum Gasteiger partial charge on any atom is -0.383 e. The standard InChI is InChI=1S/C20H25BrN2O4/c1-26-10-9-23-17(24)20(22-18(23)25)16-11-14(21)4-3-13(16)12-19(20)7-5-15(27-2)6-8-19/h3-4,11,15H,5-10,12H2,1-2H3,(H,22,25). The maximum Gasteiger partial charge on any atom is 0.325 e. The third-order valence-corrected chi connectivity index (χ3v) is 7.14. The van der Waals surface area contributed by atoms with E-state index in [1.54, 1.807) is 14.2 Å². The molecule has 4 rings (SSSR count). The second-order valence-corrected chi connectivity index (χ2v) is 8.74. The van der Waals surface area contributed by atoms with Gasteiger partial charge < -0.3 is 14.8 Å². The molecule has 2 aliphatic carbocycles. The maximum atomic E-state index is 13.7. The first-order chi connectivity index (χ1) is 13.0. The molecule has 7 heteroatoms. The predicted molar refractivity (Wildman–Crippen MR) is 103 cm³/mol. The Morgan fingerprint density at radius 3 is 2.67 bits per heavy atom. The Kier molecular flexibility index (Phi) is 4.81. The van der Waals surface area contributed by atoms with Crippen LogP contribution in [-0.2, 0) is 26.2 Å². The van der Waals surface area contributed by atoms with Gasteiger partial charge in [-0.15, -0.1) is 0 Å². The van der Waals surface area contributed by atoms with Gasteiger partial charge in [-0.1, -0.05) is 22.0 Å². The van der Waals surface area contributed by atoms with Crippen molar-refractivity contribution in [2.24, 2.45) is 5.41 Å². The van der Waals surface area contributed by atoms with Crippen LogP contribution < -0.4 is 5.32 Å². The lowest BCUT2D eigenvalue weighted by molar-refractivity contribution is -0.139. The molecule has 2 fully saturated rings. The highest BCUT2D eigenvalue weighted by molar-refractivity contribution is 9.10. The molecule has 1 unspecified atom stereocenters. The largest absolute Gasteiger partial charge is 0.383 e. The van der Waals surface area contributed by atoms with Crippen molar-refractivity contribution >= 4 is 27.9 Å². The highest BCUT2D eigenvalue weighted by atomic mass is 79.9. The Bertz CT molecular complexity index is 775. The van der Waals surface area contributed by atoms with Crippen LogP contribution in [-0.4, -0.2) is 50.3 Å². The first-order valence-corrected chi connectivity index (χ1v) is 10.2. The molecule has 1 aromatic carbocycles. The van der Waals surface area contributed by atoms with E-state index in [4.69, 9.17) is 9.47 Å². The van der Waals surface area contributed by atoms with Crippen LogP contribution in [0.5, 0.6) is 0 Å². The van der Waals surface area contributed by atoms with E-state index in [9.17, 15) is 9.59 Å². The number of carbonyl (C=O) groups excluding carboxylic acids is 2. The minimum atomic E-state index is -0.990. The molecular formula is C20H25BrN2O4. The summed E-state index contributed by atoms with van der Waals surface area (Å²) >= 11 is 3.54. The summed E-state index contributed by atoms with van der Waals surface area (Å²) in [5, 5.41) is 3.14. The quantitative estimate of drug-likeness (QED) is 0.736. The molecule has 6 nitrogen and oxygen atoms in total. The number of ether oxygens (including phenoxy) is 2. The highest BCUT2D eigenvalue weighted by Crippen LogP contribution is 2.60. The van der Waals surface area contributed by atoms with Gasteiger partial charge in [-0.05, 0) is 55.4 Å². The van der Waals surface area contributed by atoms with E-state index >= 15 is 0 Å². The van der Waals surface area contributed by atoms with Gasteiger partial charge in [0.05, 0.1) is 19.3 Å². The van der Waals surface area contributed by atoms with Crippen molar-refractivity contribution in [3.05, 3.63) is 33.8 Å². The number of halogens is 1. The molecule has 2 spiro atoms. The number of nitrogens with zero attached hydrogens (tertiary/aromatic N) is 1. The van der Waals surface area contributed by atoms with Crippen LogP contribution in [0.25, 0.3) is 0 Å². The zero-order valence-corrected chi connectivity index (χ0v) is 17.3. The van der Waals surface area contributed by atoms with Gasteiger partial charge in [-0.25, -0.2) is 4.79 Å². The van der Waals surface area contributed by atoms with Crippen LogP contribution in [0.1, 0.15) is 36.8 Å². The average Bonchev–Trinajstić information content (AvgIpc) is 3.07. The Balaban J connectivity index is 1.80. The normalized spacial score (nSPS) is 32.4. The number of imide groups is 1. The first-order valence-electron chi connectivity index (χ1n) is 9.42. The van der Waals surface area contributed by atoms with Crippen molar-refractivity contribution in [2.45, 2.75) is 43.7 Å². The number of rotatable bonds is 4. The molecule has 1 saturated heterocycles. The van der Waals surface area contributed by atoms with E-state index < -0.39 is 5.54 Å². The molecule has 1 N–H and O–H groups in total. The fourth-order valence-corrected chi connectivity index (χ4v) is 5.63. The summed E-state index contributed by atoms with van der Waals surface area (Å²) in [5.41, 5.74) is 0.789. The van der Waals surface area contributed by atoms with E-state index in [-0.39, 0.29) is 30.0 Å². The molecular weight excluding hydrogens is 412 g/mol. The molecule has 0 aromatic heterocycles. The van der Waals surface area contributed by atoms with E-state index in [1.807, 2.05) is 12.1 Å². The third-order valence-electron chi connectivity index (χ3n) is 6.65. The lowest BCUT2D eigenvalue weighted by atomic mass is 9.61. The van der Waals surface area contributed by atoms with E-state index in [0.717, 1.165) is 47.7 Å². The molecule has 1 atom stereocenters. The van der Waals surface area contributed by atoms with Crippen molar-refractivity contribution in [1.82, 2.24) is 10.2 Å². The molecule has 27 heavy (non-hydrogen) atoms. The average molecular weight is 437 g/mol. The fourth-order valence-electron chi connectivity index (χ4n) is 5.27. The van der Waals surface area contributed by atoms with Gasteiger partial charge in [0.1, 0.15) is 0 Å². The number of nitrogens with one attached hydrogen (secondary N) is 1. The summed E-state index contributed by atoms with van der Waals surface area (Å²) in [6.07, 6.45) is 4.52. The predicted octanol–water partition coefficient (Wildman–Crippen LogP) is 2.97. The number of fused-ring (bicyclic) bond motifs is 3. The summed E-state index contributed by atoms with van der Waals surface area (Å²) in [6.45, 7) is 0.600. The minimum absolute atomic E-state index is 0.141. The highest BCUT2D eigenvalue weighted by Gasteiger charge is 2.67. The van der Waals surface area contributed by atoms with Gasteiger partial charge in [-0.2, -0.15) is 0 Å². The molecule has 3 amide bonds. The van der Waals surface area contributed by atoms with Crippen molar-refractivity contribution in [1.29, 1.82) is 0 Å². The van der Waals surface area contributed by atoms with Crippen molar-refractivity contribution in [3.63, 3.8) is 0 Å². The summed E-state index contributed by atoms with van der Waals surface area (Å²) in [7, 11) is 3.32. The number of urea groups is 1. The van der Waals surface area contributed by atoms with Crippen LogP contribution in [0.4, 0.5) is 4.79 Å². The molecule has 0 bridgehead atoms. The lowest BCUT2D eigenvalue weighted by Crippen LogP contribution is -2.56. The summed E-state index contributed by atoms with van der Waals surface area (Å²) < 4.78 is 11.6. The van der Waals surface area contributed by atoms with E-state index in [2.05, 4.69) is 27.3 Å². The lowest BCUT2D eigenvalue weighted by Gasteiger charge is -2.46. The summed E-state index contributed by atoms with van der Waals surface area (Å²) in [4.78, 5) is 27.8. The Morgan fingerprint density at radius 1 is 1.26 bits per heavy atom. The molecule has 1 heterocycles. The van der Waals surface area contributed by atoms with Crippen LogP contribution >= 0.6 is 15.9 Å². The molecule has 1 aliphatic heterocycles. The Morgan fingerprint density at radius 2 is 2.00 bits per heavy atom. The number of methoxy groups -OCH3 is 2. The van der Waals surface area contributed by atoms with Gasteiger partial charge in [0.25, 0.3) is 5.91 Å². The van der Waals surface area contributed by atoms with Crippen LogP contribution in [0, 0.1) is 5.41 Å². The maximum absolute atomic E-state index is 13.7. The molecule has 1 aromatic rings. The zero-order chi connectivity index (χ0) is 19.2. The van der Waals surface area contributed by atoms with Crippen molar-refractivity contribution < 1.29 is 19.1 Å². The van der Waals surface area contributed by atoms with Crippen LogP contribution in [0.2, 0.25) is 0 Å². The smallest absolute Gasteiger partial charge is 0.325 e. The summed E-state index contributed by atoms with van der Waals surface area (Å²) in [6, 6.07) is 5.77. The zero-order valence-electron chi connectivity index (χ0n) is 15.7. The second kappa shape index (κ2) is 6.87. The van der Waals surface area contributed by atoms with Gasteiger partial charge in [0.15, 0.2) is 5.54 Å². The topological polar surface area (TPSA) is 67.9 Å². The van der Waals surface area contributed by atoms with E-state index in [0.29, 0.717) is 6.61 Å². The number of amides is 3. The fraction of sp³-hybridized carbons (Fsp3) is 0.600. The number of hydrogen-bond donors (Lipinski definition) is 1. The van der Waals surface area contributed by atoms with Gasteiger partial charge in [0, 0.05) is 24.1 Å². The van der Waals surface area contributed by atoms with Gasteiger partial charge >= 0.3 is 6.03 Å². The third kappa shape index (κ3) is 2.66. The monoisotopic (exact) mass is 436 g/mol. The summed E-state index contributed by atoms with van der Waals surface area (Å²) in [5.74, 6) is -0.141. The van der Waals surface area contributed by atoms with Gasteiger partial charge in [0.2, 0.25) is 0 Å². The van der Waals surface area contributed by atoms with E-state index in [1.165, 1.54) is 4.90 Å². The Labute approximate surface area is 167 Å². The Hall–Kier alpha value is -1.44. The van der Waals surface area contributed by atoms with Crippen molar-refractivity contribution in [2.75, 3.05) is 27.4 Å².